The van der Waals surface area contributed by atoms with Crippen LogP contribution < -0.4 is 10.1 Å². The Kier molecular flexibility index (Phi) is 3.62. The van der Waals surface area contributed by atoms with Crippen LogP contribution in [-0.4, -0.2) is 19.7 Å². The molecule has 1 N–H and O–H groups in total. The summed E-state index contributed by atoms with van der Waals surface area (Å²) < 4.78 is 5.87. The molecule has 1 fully saturated rings. The van der Waals surface area contributed by atoms with E-state index >= 15 is 0 Å². The molecule has 0 bridgehead atoms. The van der Waals surface area contributed by atoms with Gasteiger partial charge in [0, 0.05) is 12.5 Å². The lowest BCUT2D eigenvalue weighted by Gasteiger charge is -2.13. The van der Waals surface area contributed by atoms with Gasteiger partial charge in [-0.3, -0.25) is 0 Å². The second kappa shape index (κ2) is 5.17. The zero-order chi connectivity index (χ0) is 10.5. The molecule has 1 saturated heterocycles. The van der Waals surface area contributed by atoms with Crippen molar-refractivity contribution in [1.29, 1.82) is 0 Å². The Morgan fingerprint density at radius 1 is 1.40 bits per heavy atom. The monoisotopic (exact) mass is 205 g/mol. The molecule has 15 heavy (non-hydrogen) atoms. The molecule has 0 aromatic heterocycles. The van der Waals surface area contributed by atoms with Gasteiger partial charge in [-0.05, 0) is 31.0 Å². The normalized spacial score (nSPS) is 20.5. The number of rotatable bonds is 4. The van der Waals surface area contributed by atoms with Crippen LogP contribution in [-0.2, 0) is 6.42 Å². The molecule has 0 radical (unpaired) electrons. The highest BCUT2D eigenvalue weighted by atomic mass is 16.5. The molecule has 0 amide bonds. The average Bonchev–Trinajstić information content (AvgIpc) is 2.79. The molecule has 0 spiro atoms. The van der Waals surface area contributed by atoms with Crippen molar-refractivity contribution in [2.75, 3.05) is 19.7 Å². The first kappa shape index (κ1) is 10.5. The number of ether oxygens (including phenoxy) is 1. The summed E-state index contributed by atoms with van der Waals surface area (Å²) >= 11 is 0. The Bertz CT molecular complexity index is 305. The van der Waals surface area contributed by atoms with Crippen molar-refractivity contribution < 1.29 is 4.74 Å². The van der Waals surface area contributed by atoms with Crippen LogP contribution >= 0.6 is 0 Å². The number of para-hydroxylation sites is 1. The van der Waals surface area contributed by atoms with Crippen molar-refractivity contribution in [3.05, 3.63) is 29.8 Å². The number of benzene rings is 1. The molecule has 0 unspecified atom stereocenters. The summed E-state index contributed by atoms with van der Waals surface area (Å²) in [6.45, 7) is 5.26. The average molecular weight is 205 g/mol. The summed E-state index contributed by atoms with van der Waals surface area (Å²) in [5, 5.41) is 3.36. The predicted octanol–water partition coefficient (Wildman–Crippen LogP) is 2.24. The number of hydrogen-bond donors (Lipinski definition) is 1. The van der Waals surface area contributed by atoms with Gasteiger partial charge in [-0.1, -0.05) is 25.1 Å². The third-order valence-corrected chi connectivity index (χ3v) is 2.99. The van der Waals surface area contributed by atoms with Crippen LogP contribution in [0.2, 0.25) is 0 Å². The molecule has 2 heteroatoms. The van der Waals surface area contributed by atoms with Gasteiger partial charge in [0.25, 0.3) is 0 Å². The highest BCUT2D eigenvalue weighted by molar-refractivity contribution is 5.33. The minimum Gasteiger partial charge on any atom is -0.493 e. The first-order chi connectivity index (χ1) is 7.40. The zero-order valence-electron chi connectivity index (χ0n) is 9.33. The largest absolute Gasteiger partial charge is 0.493 e. The van der Waals surface area contributed by atoms with E-state index in [0.717, 1.165) is 31.9 Å². The van der Waals surface area contributed by atoms with Gasteiger partial charge >= 0.3 is 0 Å². The van der Waals surface area contributed by atoms with Crippen molar-refractivity contribution in [3.8, 4) is 5.75 Å². The van der Waals surface area contributed by atoms with Crippen molar-refractivity contribution >= 4 is 0 Å². The summed E-state index contributed by atoms with van der Waals surface area (Å²) in [4.78, 5) is 0. The lowest BCUT2D eigenvalue weighted by atomic mass is 10.1. The van der Waals surface area contributed by atoms with Gasteiger partial charge in [-0.25, -0.2) is 0 Å². The summed E-state index contributed by atoms with van der Waals surface area (Å²) in [5.74, 6) is 1.75. The standard InChI is InChI=1S/C13H19NO/c1-2-12-5-3-4-6-13(12)15-10-11-7-8-14-9-11/h3-6,11,14H,2,7-10H2,1H3/t11-/m0/s1. The first-order valence-corrected chi connectivity index (χ1v) is 5.81. The van der Waals surface area contributed by atoms with Gasteiger partial charge in [0.1, 0.15) is 5.75 Å². The van der Waals surface area contributed by atoms with Crippen LogP contribution in [0.4, 0.5) is 0 Å². The van der Waals surface area contributed by atoms with E-state index in [-0.39, 0.29) is 0 Å². The number of aryl methyl sites for hydroxylation is 1. The molecule has 2 rings (SSSR count). The summed E-state index contributed by atoms with van der Waals surface area (Å²) in [5.41, 5.74) is 1.31. The van der Waals surface area contributed by atoms with E-state index in [4.69, 9.17) is 4.74 Å². The van der Waals surface area contributed by atoms with Crippen LogP contribution in [0.15, 0.2) is 24.3 Å². The molecule has 1 aromatic carbocycles. The molecule has 1 aliphatic heterocycles. The number of nitrogens with one attached hydrogen (secondary N) is 1. The third kappa shape index (κ3) is 2.72. The van der Waals surface area contributed by atoms with Gasteiger partial charge in [0.15, 0.2) is 0 Å². The topological polar surface area (TPSA) is 21.3 Å². The Morgan fingerprint density at radius 2 is 2.27 bits per heavy atom. The van der Waals surface area contributed by atoms with E-state index in [2.05, 4.69) is 30.4 Å². The minimum absolute atomic E-state index is 0.690. The molecular formula is C13H19NO. The maximum absolute atomic E-state index is 5.87. The SMILES string of the molecule is CCc1ccccc1OC[C@H]1CCNC1. The van der Waals surface area contributed by atoms with Crippen molar-refractivity contribution in [2.45, 2.75) is 19.8 Å². The fraction of sp³-hybridized carbons (Fsp3) is 0.538. The predicted molar refractivity (Wildman–Crippen MR) is 62.3 cm³/mol. The number of hydrogen-bond acceptors (Lipinski definition) is 2. The molecule has 82 valence electrons. The first-order valence-electron chi connectivity index (χ1n) is 5.81. The van der Waals surface area contributed by atoms with Crippen LogP contribution in [0, 0.1) is 5.92 Å². The van der Waals surface area contributed by atoms with E-state index in [1.165, 1.54) is 12.0 Å². The maximum atomic E-state index is 5.87. The Balaban J connectivity index is 1.91. The second-order valence-corrected chi connectivity index (χ2v) is 4.13. The van der Waals surface area contributed by atoms with Crippen molar-refractivity contribution in [2.24, 2.45) is 5.92 Å². The fourth-order valence-corrected chi connectivity index (χ4v) is 2.00. The molecule has 2 nitrogen and oxygen atoms in total. The molecule has 1 aliphatic rings. The highest BCUT2D eigenvalue weighted by Gasteiger charge is 2.15. The van der Waals surface area contributed by atoms with Crippen molar-refractivity contribution in [3.63, 3.8) is 0 Å². The van der Waals surface area contributed by atoms with Crippen LogP contribution in [0.25, 0.3) is 0 Å². The molecule has 0 saturated carbocycles. The molecular weight excluding hydrogens is 186 g/mol. The quantitative estimate of drug-likeness (QED) is 0.814. The highest BCUT2D eigenvalue weighted by Crippen LogP contribution is 2.20. The van der Waals surface area contributed by atoms with Gasteiger partial charge in [0.05, 0.1) is 6.61 Å². The molecule has 1 heterocycles. The smallest absolute Gasteiger partial charge is 0.122 e. The van der Waals surface area contributed by atoms with Crippen LogP contribution in [0.1, 0.15) is 18.9 Å². The Hall–Kier alpha value is -1.02. The van der Waals surface area contributed by atoms with E-state index in [1.807, 2.05) is 6.07 Å². The fourth-order valence-electron chi connectivity index (χ4n) is 2.00. The van der Waals surface area contributed by atoms with Crippen LogP contribution in [0.3, 0.4) is 0 Å². The Labute approximate surface area is 91.6 Å². The van der Waals surface area contributed by atoms with E-state index in [9.17, 15) is 0 Å². The molecule has 1 aromatic rings. The lowest BCUT2D eigenvalue weighted by Crippen LogP contribution is -2.15. The Morgan fingerprint density at radius 3 is 3.00 bits per heavy atom. The van der Waals surface area contributed by atoms with Gasteiger partial charge < -0.3 is 10.1 Å². The van der Waals surface area contributed by atoms with Gasteiger partial charge in [-0.2, -0.15) is 0 Å². The van der Waals surface area contributed by atoms with Crippen molar-refractivity contribution in [1.82, 2.24) is 5.32 Å². The lowest BCUT2D eigenvalue weighted by molar-refractivity contribution is 0.258. The minimum atomic E-state index is 0.690. The molecule has 1 atom stereocenters. The van der Waals surface area contributed by atoms with E-state index in [1.54, 1.807) is 0 Å². The van der Waals surface area contributed by atoms with Crippen LogP contribution in [0.5, 0.6) is 5.75 Å². The van der Waals surface area contributed by atoms with Gasteiger partial charge in [-0.15, -0.1) is 0 Å². The third-order valence-electron chi connectivity index (χ3n) is 2.99. The molecule has 0 aliphatic carbocycles. The second-order valence-electron chi connectivity index (χ2n) is 4.13. The summed E-state index contributed by atoms with van der Waals surface area (Å²) in [6.07, 6.45) is 2.29. The summed E-state index contributed by atoms with van der Waals surface area (Å²) in [7, 11) is 0. The maximum Gasteiger partial charge on any atom is 0.122 e. The zero-order valence-corrected chi connectivity index (χ0v) is 9.33. The summed E-state index contributed by atoms with van der Waals surface area (Å²) in [6, 6.07) is 8.33. The van der Waals surface area contributed by atoms with E-state index < -0.39 is 0 Å². The van der Waals surface area contributed by atoms with Gasteiger partial charge in [0.2, 0.25) is 0 Å². The van der Waals surface area contributed by atoms with E-state index in [0.29, 0.717) is 5.92 Å².